The molecule has 0 spiro atoms. The van der Waals surface area contributed by atoms with E-state index in [9.17, 15) is 0 Å². The largest absolute Gasteiger partial charge is 0.495 e. The predicted molar refractivity (Wildman–Crippen MR) is 118 cm³/mol. The molecule has 1 aliphatic rings. The van der Waals surface area contributed by atoms with Gasteiger partial charge in [0.2, 0.25) is 0 Å². The normalized spacial score (nSPS) is 15.6. The van der Waals surface area contributed by atoms with Crippen LogP contribution in [0.2, 0.25) is 0 Å². The molecule has 0 saturated carbocycles. The summed E-state index contributed by atoms with van der Waals surface area (Å²) in [4.78, 5) is 2.11. The standard InChI is InChI=1S/C22H28N2O4S/c1-25-19-11-5-4-10-18(19)23-22(29)24(15-17-9-7-13-28-17)14-16-8-6-12-20(26-2)21(16)27-3/h4-6,8,10-12,17H,7,9,13-15H2,1-3H3,(H,23,29). The number of nitrogens with one attached hydrogen (secondary N) is 1. The summed E-state index contributed by atoms with van der Waals surface area (Å²) in [5, 5.41) is 3.93. The molecule has 2 aromatic rings. The van der Waals surface area contributed by atoms with Gasteiger partial charge in [0.15, 0.2) is 16.6 Å². The van der Waals surface area contributed by atoms with Gasteiger partial charge in [0, 0.05) is 25.3 Å². The average molecular weight is 417 g/mol. The van der Waals surface area contributed by atoms with Crippen LogP contribution in [-0.4, -0.2) is 50.6 Å². The third kappa shape index (κ3) is 5.31. The maximum absolute atomic E-state index is 5.86. The highest BCUT2D eigenvalue weighted by Crippen LogP contribution is 2.32. The molecule has 7 heteroatoms. The summed E-state index contributed by atoms with van der Waals surface area (Å²) in [6.45, 7) is 2.07. The summed E-state index contributed by atoms with van der Waals surface area (Å²) in [6, 6.07) is 13.6. The van der Waals surface area contributed by atoms with Gasteiger partial charge in [-0.15, -0.1) is 0 Å². The van der Waals surface area contributed by atoms with Crippen molar-refractivity contribution in [2.24, 2.45) is 0 Å². The summed E-state index contributed by atoms with van der Waals surface area (Å²) >= 11 is 5.77. The minimum absolute atomic E-state index is 0.157. The lowest BCUT2D eigenvalue weighted by Crippen LogP contribution is -2.39. The lowest BCUT2D eigenvalue weighted by molar-refractivity contribution is 0.0903. The lowest BCUT2D eigenvalue weighted by Gasteiger charge is -2.29. The van der Waals surface area contributed by atoms with E-state index < -0.39 is 0 Å². The van der Waals surface area contributed by atoms with E-state index in [1.165, 1.54) is 0 Å². The van der Waals surface area contributed by atoms with Crippen molar-refractivity contribution >= 4 is 23.0 Å². The molecular formula is C22H28N2O4S. The molecular weight excluding hydrogens is 388 g/mol. The number of hydrogen-bond donors (Lipinski definition) is 1. The summed E-state index contributed by atoms with van der Waals surface area (Å²) in [7, 11) is 4.94. The second-order valence-corrected chi connectivity index (χ2v) is 7.19. The number of hydrogen-bond acceptors (Lipinski definition) is 5. The van der Waals surface area contributed by atoms with E-state index in [1.54, 1.807) is 21.3 Å². The van der Waals surface area contributed by atoms with E-state index >= 15 is 0 Å². The van der Waals surface area contributed by atoms with Crippen LogP contribution >= 0.6 is 12.2 Å². The molecule has 0 amide bonds. The van der Waals surface area contributed by atoms with E-state index in [2.05, 4.69) is 10.2 Å². The number of methoxy groups -OCH3 is 3. The fraction of sp³-hybridized carbons (Fsp3) is 0.409. The Balaban J connectivity index is 1.83. The van der Waals surface area contributed by atoms with E-state index in [0.29, 0.717) is 29.7 Å². The van der Waals surface area contributed by atoms with Gasteiger partial charge in [-0.25, -0.2) is 0 Å². The zero-order valence-corrected chi connectivity index (χ0v) is 18.0. The monoisotopic (exact) mass is 416 g/mol. The number of ether oxygens (including phenoxy) is 4. The first-order valence-corrected chi connectivity index (χ1v) is 10.1. The van der Waals surface area contributed by atoms with Crippen molar-refractivity contribution in [2.45, 2.75) is 25.5 Å². The highest BCUT2D eigenvalue weighted by Gasteiger charge is 2.23. The number of rotatable bonds is 8. The molecule has 3 rings (SSSR count). The molecule has 1 heterocycles. The molecule has 29 heavy (non-hydrogen) atoms. The zero-order chi connectivity index (χ0) is 20.6. The van der Waals surface area contributed by atoms with Gasteiger partial charge >= 0.3 is 0 Å². The quantitative estimate of drug-likeness (QED) is 0.651. The maximum atomic E-state index is 5.86. The molecule has 0 radical (unpaired) electrons. The van der Waals surface area contributed by atoms with Crippen molar-refractivity contribution < 1.29 is 18.9 Å². The van der Waals surface area contributed by atoms with Crippen LogP contribution in [0, 0.1) is 0 Å². The van der Waals surface area contributed by atoms with Crippen LogP contribution in [0.1, 0.15) is 18.4 Å². The Bertz CT molecular complexity index is 824. The molecule has 1 N–H and O–H groups in total. The van der Waals surface area contributed by atoms with Crippen molar-refractivity contribution in [3.8, 4) is 17.2 Å². The Hall–Kier alpha value is -2.51. The first kappa shape index (κ1) is 21.2. The van der Waals surface area contributed by atoms with Crippen LogP contribution in [0.3, 0.4) is 0 Å². The summed E-state index contributed by atoms with van der Waals surface area (Å²) in [6.07, 6.45) is 2.26. The summed E-state index contributed by atoms with van der Waals surface area (Å²) in [5.41, 5.74) is 1.82. The molecule has 156 valence electrons. The first-order valence-electron chi connectivity index (χ1n) is 9.66. The van der Waals surface area contributed by atoms with Gasteiger partial charge in [0.25, 0.3) is 0 Å². The second-order valence-electron chi connectivity index (χ2n) is 6.80. The molecule has 0 aromatic heterocycles. The molecule has 1 atom stereocenters. The van der Waals surface area contributed by atoms with Gasteiger partial charge in [0.05, 0.1) is 33.1 Å². The van der Waals surface area contributed by atoms with Crippen LogP contribution in [0.5, 0.6) is 17.2 Å². The van der Waals surface area contributed by atoms with Crippen LogP contribution in [0.15, 0.2) is 42.5 Å². The first-order chi connectivity index (χ1) is 14.2. The van der Waals surface area contributed by atoms with Gasteiger partial charge in [0.1, 0.15) is 5.75 Å². The fourth-order valence-electron chi connectivity index (χ4n) is 3.48. The van der Waals surface area contributed by atoms with Crippen LogP contribution in [-0.2, 0) is 11.3 Å². The molecule has 1 fully saturated rings. The lowest BCUT2D eigenvalue weighted by atomic mass is 10.1. The molecule has 1 unspecified atom stereocenters. The Morgan fingerprint density at radius 3 is 2.52 bits per heavy atom. The third-order valence-corrected chi connectivity index (χ3v) is 5.29. The minimum Gasteiger partial charge on any atom is -0.495 e. The van der Waals surface area contributed by atoms with Crippen molar-refractivity contribution in [2.75, 3.05) is 39.8 Å². The van der Waals surface area contributed by atoms with Crippen molar-refractivity contribution in [1.82, 2.24) is 4.90 Å². The fourth-order valence-corrected chi connectivity index (χ4v) is 3.73. The smallest absolute Gasteiger partial charge is 0.173 e. The van der Waals surface area contributed by atoms with Crippen molar-refractivity contribution in [1.29, 1.82) is 0 Å². The zero-order valence-electron chi connectivity index (χ0n) is 17.1. The van der Waals surface area contributed by atoms with Gasteiger partial charge in [-0.1, -0.05) is 24.3 Å². The van der Waals surface area contributed by atoms with E-state index in [0.717, 1.165) is 36.4 Å². The Morgan fingerprint density at radius 2 is 1.83 bits per heavy atom. The van der Waals surface area contributed by atoms with Crippen molar-refractivity contribution in [3.63, 3.8) is 0 Å². The SMILES string of the molecule is COc1ccccc1NC(=S)N(Cc1cccc(OC)c1OC)CC1CCCO1. The Morgan fingerprint density at radius 1 is 1.07 bits per heavy atom. The highest BCUT2D eigenvalue weighted by atomic mass is 32.1. The number of anilines is 1. The predicted octanol–water partition coefficient (Wildman–Crippen LogP) is 4.09. The van der Waals surface area contributed by atoms with Gasteiger partial charge < -0.3 is 29.2 Å². The molecule has 6 nitrogen and oxygen atoms in total. The highest BCUT2D eigenvalue weighted by molar-refractivity contribution is 7.80. The van der Waals surface area contributed by atoms with Gasteiger partial charge in [-0.3, -0.25) is 0 Å². The second kappa shape index (κ2) is 10.3. The van der Waals surface area contributed by atoms with Crippen molar-refractivity contribution in [3.05, 3.63) is 48.0 Å². The Kier molecular flexibility index (Phi) is 7.55. The molecule has 1 saturated heterocycles. The Labute approximate surface area is 177 Å². The number of benzene rings is 2. The average Bonchev–Trinajstić information content (AvgIpc) is 3.26. The van der Waals surface area contributed by atoms with E-state index in [4.69, 9.17) is 31.2 Å². The summed E-state index contributed by atoms with van der Waals surface area (Å²) < 4.78 is 22.4. The van der Waals surface area contributed by atoms with Crippen LogP contribution in [0.25, 0.3) is 0 Å². The topological polar surface area (TPSA) is 52.2 Å². The number of thiocarbonyl (C=S) groups is 1. The molecule has 2 aromatic carbocycles. The van der Waals surface area contributed by atoms with Crippen LogP contribution in [0.4, 0.5) is 5.69 Å². The number of para-hydroxylation sites is 3. The maximum Gasteiger partial charge on any atom is 0.173 e. The number of nitrogens with zero attached hydrogens (tertiary/aromatic N) is 1. The van der Waals surface area contributed by atoms with Gasteiger partial charge in [-0.05, 0) is 43.3 Å². The summed E-state index contributed by atoms with van der Waals surface area (Å²) in [5.74, 6) is 2.16. The van der Waals surface area contributed by atoms with Crippen LogP contribution < -0.4 is 19.5 Å². The molecule has 0 aliphatic carbocycles. The minimum atomic E-state index is 0.157. The van der Waals surface area contributed by atoms with Gasteiger partial charge in [-0.2, -0.15) is 0 Å². The third-order valence-electron chi connectivity index (χ3n) is 4.93. The van der Waals surface area contributed by atoms with E-state index in [1.807, 2.05) is 42.5 Å². The molecule has 1 aliphatic heterocycles. The molecule has 0 bridgehead atoms. The van der Waals surface area contributed by atoms with E-state index in [-0.39, 0.29) is 6.10 Å².